The number of aromatic nitrogens is 1. The van der Waals surface area contributed by atoms with Gasteiger partial charge in [0.05, 0.1) is 11.2 Å². The SMILES string of the molecule is CC(C)(C)c1ccc(I)c(-n2ccc3ccccc32)c1. The number of halogens is 1. The molecule has 0 saturated carbocycles. The Hall–Kier alpha value is -1.29. The van der Waals surface area contributed by atoms with Gasteiger partial charge in [0.15, 0.2) is 0 Å². The second kappa shape index (κ2) is 4.92. The van der Waals surface area contributed by atoms with Crippen LogP contribution in [-0.2, 0) is 5.41 Å². The van der Waals surface area contributed by atoms with Crippen LogP contribution in [0.2, 0.25) is 0 Å². The van der Waals surface area contributed by atoms with E-state index in [1.165, 1.54) is 25.7 Å². The first-order chi connectivity index (χ1) is 9.47. The van der Waals surface area contributed by atoms with Crippen molar-refractivity contribution in [1.82, 2.24) is 4.57 Å². The van der Waals surface area contributed by atoms with Crippen LogP contribution in [0.4, 0.5) is 0 Å². The Labute approximate surface area is 133 Å². The molecule has 1 nitrogen and oxygen atoms in total. The largest absolute Gasteiger partial charge is 0.315 e. The molecular formula is C18H18IN. The van der Waals surface area contributed by atoms with Crippen molar-refractivity contribution in [3.63, 3.8) is 0 Å². The van der Waals surface area contributed by atoms with Gasteiger partial charge < -0.3 is 4.57 Å². The summed E-state index contributed by atoms with van der Waals surface area (Å²) in [5.41, 5.74) is 4.06. The van der Waals surface area contributed by atoms with Crippen molar-refractivity contribution < 1.29 is 0 Å². The lowest BCUT2D eigenvalue weighted by molar-refractivity contribution is 0.589. The third-order valence-corrected chi connectivity index (χ3v) is 4.58. The van der Waals surface area contributed by atoms with E-state index in [1.807, 2.05) is 0 Å². The summed E-state index contributed by atoms with van der Waals surface area (Å²) in [5, 5.41) is 1.28. The fraction of sp³-hybridized carbons (Fsp3) is 0.222. The average Bonchev–Trinajstić information content (AvgIpc) is 2.82. The molecule has 0 fully saturated rings. The van der Waals surface area contributed by atoms with Gasteiger partial charge in [0.1, 0.15) is 0 Å². The molecule has 0 aliphatic rings. The molecule has 0 saturated heterocycles. The summed E-state index contributed by atoms with van der Waals surface area (Å²) in [6, 6.07) is 17.5. The predicted octanol–water partition coefficient (Wildman–Crippen LogP) is 5.53. The lowest BCUT2D eigenvalue weighted by Crippen LogP contribution is -2.12. The molecule has 20 heavy (non-hydrogen) atoms. The normalized spacial score (nSPS) is 12.0. The molecular weight excluding hydrogens is 357 g/mol. The Morgan fingerprint density at radius 1 is 0.950 bits per heavy atom. The van der Waals surface area contributed by atoms with Crippen molar-refractivity contribution in [3.8, 4) is 5.69 Å². The van der Waals surface area contributed by atoms with E-state index in [0.717, 1.165) is 0 Å². The van der Waals surface area contributed by atoms with Crippen LogP contribution >= 0.6 is 22.6 Å². The smallest absolute Gasteiger partial charge is 0.0592 e. The van der Waals surface area contributed by atoms with E-state index in [9.17, 15) is 0 Å². The van der Waals surface area contributed by atoms with Crippen molar-refractivity contribution in [3.05, 3.63) is 63.9 Å². The van der Waals surface area contributed by atoms with Crippen LogP contribution in [-0.4, -0.2) is 4.57 Å². The molecule has 3 aromatic rings. The predicted molar refractivity (Wildman–Crippen MR) is 94.7 cm³/mol. The van der Waals surface area contributed by atoms with E-state index in [-0.39, 0.29) is 5.41 Å². The first kappa shape index (κ1) is 13.7. The highest BCUT2D eigenvalue weighted by Gasteiger charge is 2.16. The highest BCUT2D eigenvalue weighted by Crippen LogP contribution is 2.29. The average molecular weight is 375 g/mol. The molecule has 0 radical (unpaired) electrons. The van der Waals surface area contributed by atoms with Crippen LogP contribution in [0.1, 0.15) is 26.3 Å². The summed E-state index contributed by atoms with van der Waals surface area (Å²) >= 11 is 2.42. The van der Waals surface area contributed by atoms with Crippen LogP contribution < -0.4 is 0 Å². The molecule has 0 atom stereocenters. The summed E-state index contributed by atoms with van der Waals surface area (Å²) < 4.78 is 3.56. The zero-order chi connectivity index (χ0) is 14.3. The highest BCUT2D eigenvalue weighted by atomic mass is 127. The summed E-state index contributed by atoms with van der Waals surface area (Å²) in [6.07, 6.45) is 2.16. The number of nitrogens with zero attached hydrogens (tertiary/aromatic N) is 1. The summed E-state index contributed by atoms with van der Waals surface area (Å²) in [6.45, 7) is 6.77. The number of hydrogen-bond donors (Lipinski definition) is 0. The second-order valence-corrected chi connectivity index (χ2v) is 7.32. The van der Waals surface area contributed by atoms with Crippen LogP contribution in [0.3, 0.4) is 0 Å². The zero-order valence-electron chi connectivity index (χ0n) is 12.0. The Kier molecular flexibility index (Phi) is 3.36. The fourth-order valence-corrected chi connectivity index (χ4v) is 3.05. The maximum atomic E-state index is 2.42. The van der Waals surface area contributed by atoms with Gasteiger partial charge in [0.25, 0.3) is 0 Å². The lowest BCUT2D eigenvalue weighted by atomic mass is 9.87. The second-order valence-electron chi connectivity index (χ2n) is 6.16. The molecule has 0 amide bonds. The molecule has 0 N–H and O–H groups in total. The number of hydrogen-bond acceptors (Lipinski definition) is 0. The maximum Gasteiger partial charge on any atom is 0.0592 e. The summed E-state index contributed by atoms with van der Waals surface area (Å²) in [4.78, 5) is 0. The van der Waals surface area contributed by atoms with Crippen molar-refractivity contribution in [2.24, 2.45) is 0 Å². The number of fused-ring (bicyclic) bond motifs is 1. The zero-order valence-corrected chi connectivity index (χ0v) is 14.2. The Morgan fingerprint density at radius 2 is 1.70 bits per heavy atom. The molecule has 0 bridgehead atoms. The monoisotopic (exact) mass is 375 g/mol. The molecule has 2 aromatic carbocycles. The molecule has 3 rings (SSSR count). The number of para-hydroxylation sites is 1. The lowest BCUT2D eigenvalue weighted by Gasteiger charge is -2.21. The molecule has 2 heteroatoms. The van der Waals surface area contributed by atoms with Gasteiger partial charge in [-0.1, -0.05) is 45.0 Å². The van der Waals surface area contributed by atoms with E-state index in [0.29, 0.717) is 0 Å². The minimum Gasteiger partial charge on any atom is -0.315 e. The minimum absolute atomic E-state index is 0.169. The van der Waals surface area contributed by atoms with Gasteiger partial charge in [-0.25, -0.2) is 0 Å². The molecule has 102 valence electrons. The Balaban J connectivity index is 2.24. The minimum atomic E-state index is 0.169. The van der Waals surface area contributed by atoms with E-state index in [2.05, 4.69) is 103 Å². The van der Waals surface area contributed by atoms with Crippen molar-refractivity contribution >= 4 is 33.5 Å². The molecule has 1 heterocycles. The van der Waals surface area contributed by atoms with Crippen molar-refractivity contribution in [2.75, 3.05) is 0 Å². The molecule has 0 spiro atoms. The van der Waals surface area contributed by atoms with Gasteiger partial charge in [0, 0.05) is 9.77 Å². The van der Waals surface area contributed by atoms with E-state index in [4.69, 9.17) is 0 Å². The van der Waals surface area contributed by atoms with Gasteiger partial charge in [-0.15, -0.1) is 0 Å². The fourth-order valence-electron chi connectivity index (χ4n) is 2.46. The summed E-state index contributed by atoms with van der Waals surface area (Å²) in [5.74, 6) is 0. The summed E-state index contributed by atoms with van der Waals surface area (Å²) in [7, 11) is 0. The third kappa shape index (κ3) is 2.37. The van der Waals surface area contributed by atoms with Gasteiger partial charge in [-0.05, 0) is 63.2 Å². The van der Waals surface area contributed by atoms with Gasteiger partial charge in [-0.2, -0.15) is 0 Å². The Bertz CT molecular complexity index is 762. The maximum absolute atomic E-state index is 2.42. The molecule has 0 aliphatic heterocycles. The molecule has 0 unspecified atom stereocenters. The van der Waals surface area contributed by atoms with Crippen LogP contribution in [0.5, 0.6) is 0 Å². The van der Waals surface area contributed by atoms with Crippen molar-refractivity contribution in [1.29, 1.82) is 0 Å². The van der Waals surface area contributed by atoms with E-state index in [1.54, 1.807) is 0 Å². The molecule has 1 aromatic heterocycles. The Morgan fingerprint density at radius 3 is 2.45 bits per heavy atom. The quantitative estimate of drug-likeness (QED) is 0.493. The van der Waals surface area contributed by atoms with Crippen LogP contribution in [0.15, 0.2) is 54.7 Å². The topological polar surface area (TPSA) is 4.93 Å². The van der Waals surface area contributed by atoms with Gasteiger partial charge >= 0.3 is 0 Å². The number of rotatable bonds is 1. The first-order valence-electron chi connectivity index (χ1n) is 6.83. The van der Waals surface area contributed by atoms with Crippen LogP contribution in [0.25, 0.3) is 16.6 Å². The standard InChI is InChI=1S/C18H18IN/c1-18(2,3)14-8-9-15(19)17(12-14)20-11-10-13-6-4-5-7-16(13)20/h4-12H,1-3H3. The molecule has 0 aliphatic carbocycles. The first-order valence-corrected chi connectivity index (χ1v) is 7.91. The third-order valence-electron chi connectivity index (χ3n) is 3.67. The number of benzene rings is 2. The van der Waals surface area contributed by atoms with Gasteiger partial charge in [-0.3, -0.25) is 0 Å². The van der Waals surface area contributed by atoms with Gasteiger partial charge in [0.2, 0.25) is 0 Å². The van der Waals surface area contributed by atoms with Crippen LogP contribution in [0, 0.1) is 3.57 Å². The van der Waals surface area contributed by atoms with E-state index < -0.39 is 0 Å². The van der Waals surface area contributed by atoms with E-state index >= 15 is 0 Å². The van der Waals surface area contributed by atoms with Crippen molar-refractivity contribution in [2.45, 2.75) is 26.2 Å². The highest BCUT2D eigenvalue weighted by molar-refractivity contribution is 14.1.